The number of rotatable bonds is 3. The second-order valence-corrected chi connectivity index (χ2v) is 5.07. The molecule has 0 amide bonds. The average Bonchev–Trinajstić information content (AvgIpc) is 2.38. The third-order valence-electron chi connectivity index (χ3n) is 3.28. The molecule has 1 aromatic rings. The molecular weight excluding hydrogens is 296 g/mol. The van der Waals surface area contributed by atoms with Gasteiger partial charge in [0.05, 0.1) is 12.2 Å². The van der Waals surface area contributed by atoms with Gasteiger partial charge in [0.15, 0.2) is 0 Å². The molecule has 1 heterocycles. The molecule has 0 atom stereocenters. The van der Waals surface area contributed by atoms with Gasteiger partial charge in [0.1, 0.15) is 5.82 Å². The molecule has 0 aromatic heterocycles. The first-order chi connectivity index (χ1) is 9.39. The first-order valence-electron chi connectivity index (χ1n) is 6.27. The zero-order chi connectivity index (χ0) is 14.8. The smallest absolute Gasteiger partial charge is 0.367 e. The molecule has 0 bridgehead atoms. The van der Waals surface area contributed by atoms with Gasteiger partial charge in [-0.15, -0.1) is 11.6 Å². The number of hydrogen-bond acceptors (Lipinski definition) is 2. The summed E-state index contributed by atoms with van der Waals surface area (Å²) in [4.78, 5) is 3.10. The maximum atomic E-state index is 13.9. The Morgan fingerprint density at radius 1 is 1.10 bits per heavy atom. The lowest BCUT2D eigenvalue weighted by Crippen LogP contribution is -2.49. The molecule has 1 aliphatic rings. The Hall–Kier alpha value is -1.01. The fraction of sp³-hybridized carbons (Fsp3) is 0.538. The van der Waals surface area contributed by atoms with E-state index in [1.807, 2.05) is 0 Å². The van der Waals surface area contributed by atoms with Crippen LogP contribution in [0, 0.1) is 5.82 Å². The Morgan fingerprint density at radius 2 is 1.75 bits per heavy atom. The van der Waals surface area contributed by atoms with Crippen LogP contribution in [-0.2, 0) is 5.88 Å². The van der Waals surface area contributed by atoms with Crippen molar-refractivity contribution in [3.05, 3.63) is 29.6 Å². The molecule has 1 fully saturated rings. The quantitative estimate of drug-likeness (QED) is 0.624. The van der Waals surface area contributed by atoms with Crippen molar-refractivity contribution in [2.45, 2.75) is 12.1 Å². The van der Waals surface area contributed by atoms with Crippen LogP contribution in [0.15, 0.2) is 18.2 Å². The van der Waals surface area contributed by atoms with Crippen LogP contribution in [-0.4, -0.2) is 43.8 Å². The van der Waals surface area contributed by atoms with Gasteiger partial charge in [-0.3, -0.25) is 4.90 Å². The number of halogens is 5. The van der Waals surface area contributed by atoms with Crippen molar-refractivity contribution >= 4 is 17.3 Å². The molecule has 0 spiro atoms. The van der Waals surface area contributed by atoms with E-state index in [1.54, 1.807) is 17.0 Å². The Balaban J connectivity index is 1.97. The number of benzene rings is 1. The molecular formula is C13H15ClF4N2. The predicted octanol–water partition coefficient (Wildman–Crippen LogP) is 3.25. The molecule has 1 aliphatic heterocycles. The zero-order valence-electron chi connectivity index (χ0n) is 10.8. The van der Waals surface area contributed by atoms with Crippen LogP contribution in [0.5, 0.6) is 0 Å². The van der Waals surface area contributed by atoms with Crippen LogP contribution >= 0.6 is 11.6 Å². The molecule has 1 saturated heterocycles. The molecule has 0 N–H and O–H groups in total. The summed E-state index contributed by atoms with van der Waals surface area (Å²) in [7, 11) is 0. The van der Waals surface area contributed by atoms with Crippen molar-refractivity contribution in [3.8, 4) is 0 Å². The standard InChI is InChI=1S/C13H15ClF4N2/c14-8-10-1-2-12(11(15)7-10)20-5-3-19(4-6-20)9-13(16,17)18/h1-2,7H,3-6,8-9H2. The lowest BCUT2D eigenvalue weighted by Gasteiger charge is -2.36. The highest BCUT2D eigenvalue weighted by molar-refractivity contribution is 6.17. The molecule has 20 heavy (non-hydrogen) atoms. The highest BCUT2D eigenvalue weighted by Crippen LogP contribution is 2.24. The number of anilines is 1. The maximum Gasteiger partial charge on any atom is 0.401 e. The zero-order valence-corrected chi connectivity index (χ0v) is 11.5. The second-order valence-electron chi connectivity index (χ2n) is 4.80. The van der Waals surface area contributed by atoms with Crippen molar-refractivity contribution < 1.29 is 17.6 Å². The molecule has 7 heteroatoms. The van der Waals surface area contributed by atoms with Gasteiger partial charge in [-0.1, -0.05) is 6.07 Å². The van der Waals surface area contributed by atoms with Crippen LogP contribution in [0.3, 0.4) is 0 Å². The molecule has 0 unspecified atom stereocenters. The lowest BCUT2D eigenvalue weighted by atomic mass is 10.2. The summed E-state index contributed by atoms with van der Waals surface area (Å²) in [6.07, 6.45) is -4.19. The molecule has 2 nitrogen and oxygen atoms in total. The minimum Gasteiger partial charge on any atom is -0.367 e. The van der Waals surface area contributed by atoms with Gasteiger partial charge in [-0.05, 0) is 17.7 Å². The Bertz CT molecular complexity index is 456. The third kappa shape index (κ3) is 3.99. The topological polar surface area (TPSA) is 6.48 Å². The maximum absolute atomic E-state index is 13.9. The molecule has 1 aromatic carbocycles. The van der Waals surface area contributed by atoms with Crippen LogP contribution in [0.25, 0.3) is 0 Å². The monoisotopic (exact) mass is 310 g/mol. The normalized spacial score (nSPS) is 17.6. The summed E-state index contributed by atoms with van der Waals surface area (Å²) < 4.78 is 50.7. The van der Waals surface area contributed by atoms with Gasteiger partial charge >= 0.3 is 6.18 Å². The summed E-state index contributed by atoms with van der Waals surface area (Å²) in [6.45, 7) is 0.404. The highest BCUT2D eigenvalue weighted by Gasteiger charge is 2.32. The Labute approximate surface area is 119 Å². The van der Waals surface area contributed by atoms with Gasteiger partial charge in [-0.25, -0.2) is 4.39 Å². The average molecular weight is 311 g/mol. The molecule has 0 aliphatic carbocycles. The summed E-state index contributed by atoms with van der Waals surface area (Å²) in [5.41, 5.74) is 1.11. The molecule has 112 valence electrons. The molecule has 0 saturated carbocycles. The van der Waals surface area contributed by atoms with E-state index in [-0.39, 0.29) is 24.8 Å². The SMILES string of the molecule is Fc1cc(CCl)ccc1N1CCN(CC(F)(F)F)CC1. The van der Waals surface area contributed by atoms with E-state index in [2.05, 4.69) is 0 Å². The van der Waals surface area contributed by atoms with Crippen molar-refractivity contribution in [2.75, 3.05) is 37.6 Å². The van der Waals surface area contributed by atoms with E-state index in [0.29, 0.717) is 24.3 Å². The lowest BCUT2D eigenvalue weighted by molar-refractivity contribution is -0.146. The van der Waals surface area contributed by atoms with E-state index in [0.717, 1.165) is 0 Å². The number of hydrogen-bond donors (Lipinski definition) is 0. The number of piperazine rings is 1. The molecule has 0 radical (unpaired) electrons. The summed E-state index contributed by atoms with van der Waals surface area (Å²) >= 11 is 5.62. The first kappa shape index (κ1) is 15.4. The van der Waals surface area contributed by atoms with Crippen molar-refractivity contribution in [1.29, 1.82) is 0 Å². The summed E-state index contributed by atoms with van der Waals surface area (Å²) in [5.74, 6) is -0.149. The largest absolute Gasteiger partial charge is 0.401 e. The summed E-state index contributed by atoms with van der Waals surface area (Å²) in [6, 6.07) is 4.73. The van der Waals surface area contributed by atoms with Gasteiger partial charge in [0.25, 0.3) is 0 Å². The van der Waals surface area contributed by atoms with Crippen LogP contribution in [0.4, 0.5) is 23.2 Å². The predicted molar refractivity (Wildman–Crippen MR) is 70.7 cm³/mol. The fourth-order valence-corrected chi connectivity index (χ4v) is 2.46. The Morgan fingerprint density at radius 3 is 2.25 bits per heavy atom. The van der Waals surface area contributed by atoms with Crippen molar-refractivity contribution in [1.82, 2.24) is 4.90 Å². The van der Waals surface area contributed by atoms with E-state index >= 15 is 0 Å². The summed E-state index contributed by atoms with van der Waals surface area (Å²) in [5, 5.41) is 0. The van der Waals surface area contributed by atoms with Crippen LogP contribution < -0.4 is 4.90 Å². The Kier molecular flexibility index (Phi) is 4.75. The fourth-order valence-electron chi connectivity index (χ4n) is 2.29. The van der Waals surface area contributed by atoms with E-state index < -0.39 is 12.7 Å². The second kappa shape index (κ2) is 6.18. The van der Waals surface area contributed by atoms with Crippen molar-refractivity contribution in [3.63, 3.8) is 0 Å². The van der Waals surface area contributed by atoms with Gasteiger partial charge in [0.2, 0.25) is 0 Å². The van der Waals surface area contributed by atoms with Gasteiger partial charge in [0, 0.05) is 32.1 Å². The minimum atomic E-state index is -4.19. The van der Waals surface area contributed by atoms with E-state index in [9.17, 15) is 17.6 Å². The number of alkyl halides is 4. The van der Waals surface area contributed by atoms with Gasteiger partial charge < -0.3 is 4.90 Å². The van der Waals surface area contributed by atoms with Crippen molar-refractivity contribution in [2.24, 2.45) is 0 Å². The highest BCUT2D eigenvalue weighted by atomic mass is 35.5. The minimum absolute atomic E-state index is 0.233. The molecule has 2 rings (SSSR count). The van der Waals surface area contributed by atoms with E-state index in [4.69, 9.17) is 11.6 Å². The first-order valence-corrected chi connectivity index (χ1v) is 6.81. The third-order valence-corrected chi connectivity index (χ3v) is 3.59. The number of nitrogens with zero attached hydrogens (tertiary/aromatic N) is 2. The van der Waals surface area contributed by atoms with Crippen LogP contribution in [0.1, 0.15) is 5.56 Å². The van der Waals surface area contributed by atoms with Gasteiger partial charge in [-0.2, -0.15) is 13.2 Å². The van der Waals surface area contributed by atoms with Crippen LogP contribution in [0.2, 0.25) is 0 Å². The van der Waals surface area contributed by atoms with E-state index in [1.165, 1.54) is 11.0 Å².